The van der Waals surface area contributed by atoms with Gasteiger partial charge in [-0.3, -0.25) is 9.89 Å². The van der Waals surface area contributed by atoms with Crippen LogP contribution in [0.1, 0.15) is 23.2 Å². The third-order valence-corrected chi connectivity index (χ3v) is 4.44. The Bertz CT molecular complexity index is 916. The number of carbonyl (C=O) groups is 1. The summed E-state index contributed by atoms with van der Waals surface area (Å²) in [5, 5.41) is 10.9. The van der Waals surface area contributed by atoms with Crippen LogP contribution in [0.5, 0.6) is 0 Å². The molecule has 1 amide bonds. The SMILES string of the molecule is O=C(NCC1CCCO1)c1ccc2[nH]nc(-c3cccc(F)c3)c2c1. The molecule has 0 spiro atoms. The second-order valence-electron chi connectivity index (χ2n) is 6.19. The van der Waals surface area contributed by atoms with Gasteiger partial charge in [-0.05, 0) is 43.2 Å². The van der Waals surface area contributed by atoms with E-state index in [0.717, 1.165) is 30.4 Å². The van der Waals surface area contributed by atoms with Gasteiger partial charge < -0.3 is 10.1 Å². The first-order valence-electron chi connectivity index (χ1n) is 8.34. The molecule has 1 saturated heterocycles. The largest absolute Gasteiger partial charge is 0.376 e. The van der Waals surface area contributed by atoms with E-state index in [1.807, 2.05) is 6.07 Å². The number of nitrogens with zero attached hydrogens (tertiary/aromatic N) is 1. The number of benzene rings is 2. The van der Waals surface area contributed by atoms with E-state index in [9.17, 15) is 9.18 Å². The van der Waals surface area contributed by atoms with Gasteiger partial charge in [-0.15, -0.1) is 0 Å². The molecule has 3 aromatic rings. The van der Waals surface area contributed by atoms with Crippen molar-refractivity contribution in [2.75, 3.05) is 13.2 Å². The maximum atomic E-state index is 13.5. The molecule has 1 unspecified atom stereocenters. The van der Waals surface area contributed by atoms with Crippen molar-refractivity contribution in [2.45, 2.75) is 18.9 Å². The number of aromatic amines is 1. The van der Waals surface area contributed by atoms with Gasteiger partial charge in [-0.1, -0.05) is 12.1 Å². The van der Waals surface area contributed by atoms with Crippen LogP contribution in [-0.2, 0) is 4.74 Å². The van der Waals surface area contributed by atoms with Crippen molar-refractivity contribution in [1.82, 2.24) is 15.5 Å². The first kappa shape index (κ1) is 15.8. The fourth-order valence-corrected chi connectivity index (χ4v) is 3.13. The molecule has 1 aromatic heterocycles. The van der Waals surface area contributed by atoms with Crippen molar-refractivity contribution in [3.63, 3.8) is 0 Å². The highest BCUT2D eigenvalue weighted by molar-refractivity contribution is 6.01. The lowest BCUT2D eigenvalue weighted by Crippen LogP contribution is -2.31. The maximum Gasteiger partial charge on any atom is 0.251 e. The summed E-state index contributed by atoms with van der Waals surface area (Å²) in [4.78, 5) is 12.4. The van der Waals surface area contributed by atoms with E-state index >= 15 is 0 Å². The Kier molecular flexibility index (Phi) is 4.19. The van der Waals surface area contributed by atoms with Crippen LogP contribution in [0.25, 0.3) is 22.2 Å². The van der Waals surface area contributed by atoms with E-state index in [0.29, 0.717) is 23.4 Å². The lowest BCUT2D eigenvalue weighted by atomic mass is 10.1. The first-order valence-corrected chi connectivity index (χ1v) is 8.34. The van der Waals surface area contributed by atoms with Gasteiger partial charge >= 0.3 is 0 Å². The summed E-state index contributed by atoms with van der Waals surface area (Å²) in [6.45, 7) is 1.28. The molecule has 0 saturated carbocycles. The summed E-state index contributed by atoms with van der Waals surface area (Å²) in [6, 6.07) is 11.6. The zero-order chi connectivity index (χ0) is 17.2. The lowest BCUT2D eigenvalue weighted by molar-refractivity contribution is 0.0858. The minimum Gasteiger partial charge on any atom is -0.376 e. The topological polar surface area (TPSA) is 67.0 Å². The van der Waals surface area contributed by atoms with Gasteiger partial charge in [0.15, 0.2) is 0 Å². The fraction of sp³-hybridized carbons (Fsp3) is 0.263. The van der Waals surface area contributed by atoms with Crippen LogP contribution in [0, 0.1) is 5.82 Å². The van der Waals surface area contributed by atoms with Crippen LogP contribution in [0.4, 0.5) is 4.39 Å². The lowest BCUT2D eigenvalue weighted by Gasteiger charge is -2.10. The number of ether oxygens (including phenoxy) is 1. The Morgan fingerprint density at radius 1 is 1.32 bits per heavy atom. The maximum absolute atomic E-state index is 13.5. The molecule has 5 nitrogen and oxygen atoms in total. The molecule has 1 aliphatic rings. The number of halogens is 1. The number of hydrogen-bond donors (Lipinski definition) is 2. The number of H-pyrrole nitrogens is 1. The third-order valence-electron chi connectivity index (χ3n) is 4.44. The Morgan fingerprint density at radius 3 is 3.04 bits per heavy atom. The molecule has 6 heteroatoms. The monoisotopic (exact) mass is 339 g/mol. The first-order chi connectivity index (χ1) is 12.2. The average molecular weight is 339 g/mol. The minimum atomic E-state index is -0.320. The molecular weight excluding hydrogens is 321 g/mol. The molecule has 2 heterocycles. The summed E-state index contributed by atoms with van der Waals surface area (Å²) in [5.74, 6) is -0.470. The summed E-state index contributed by atoms with van der Waals surface area (Å²) >= 11 is 0. The number of nitrogens with one attached hydrogen (secondary N) is 2. The highest BCUT2D eigenvalue weighted by atomic mass is 19.1. The molecule has 2 aromatic carbocycles. The van der Waals surface area contributed by atoms with Crippen LogP contribution in [0.2, 0.25) is 0 Å². The van der Waals surface area contributed by atoms with Gasteiger partial charge in [-0.25, -0.2) is 4.39 Å². The summed E-state index contributed by atoms with van der Waals surface area (Å²) in [7, 11) is 0. The summed E-state index contributed by atoms with van der Waals surface area (Å²) in [6.07, 6.45) is 2.12. The van der Waals surface area contributed by atoms with Crippen LogP contribution in [0.15, 0.2) is 42.5 Å². The molecule has 1 fully saturated rings. The van der Waals surface area contributed by atoms with Gasteiger partial charge in [0.1, 0.15) is 11.5 Å². The van der Waals surface area contributed by atoms with Crippen molar-refractivity contribution in [3.05, 3.63) is 53.8 Å². The van der Waals surface area contributed by atoms with E-state index in [2.05, 4.69) is 15.5 Å². The smallest absolute Gasteiger partial charge is 0.251 e. The molecule has 128 valence electrons. The zero-order valence-electron chi connectivity index (χ0n) is 13.6. The number of aromatic nitrogens is 2. The molecule has 0 bridgehead atoms. The average Bonchev–Trinajstić information content (AvgIpc) is 3.28. The van der Waals surface area contributed by atoms with Gasteiger partial charge in [0, 0.05) is 29.7 Å². The van der Waals surface area contributed by atoms with Gasteiger partial charge in [0.2, 0.25) is 0 Å². The van der Waals surface area contributed by atoms with Gasteiger partial charge in [0.05, 0.1) is 11.6 Å². The Hall–Kier alpha value is -2.73. The van der Waals surface area contributed by atoms with Crippen molar-refractivity contribution in [1.29, 1.82) is 0 Å². The molecule has 1 aliphatic heterocycles. The van der Waals surface area contributed by atoms with E-state index < -0.39 is 0 Å². The molecule has 0 aliphatic carbocycles. The van der Waals surface area contributed by atoms with E-state index in [1.165, 1.54) is 12.1 Å². The predicted octanol–water partition coefficient (Wildman–Crippen LogP) is 3.28. The quantitative estimate of drug-likeness (QED) is 0.766. The van der Waals surface area contributed by atoms with Crippen LogP contribution < -0.4 is 5.32 Å². The van der Waals surface area contributed by atoms with E-state index in [-0.39, 0.29) is 17.8 Å². The zero-order valence-corrected chi connectivity index (χ0v) is 13.6. The molecule has 2 N–H and O–H groups in total. The molecule has 0 radical (unpaired) electrons. The Balaban J connectivity index is 1.60. The number of amides is 1. The van der Waals surface area contributed by atoms with Crippen molar-refractivity contribution in [2.24, 2.45) is 0 Å². The van der Waals surface area contributed by atoms with Crippen LogP contribution >= 0.6 is 0 Å². The van der Waals surface area contributed by atoms with Gasteiger partial charge in [-0.2, -0.15) is 5.10 Å². The van der Waals surface area contributed by atoms with Gasteiger partial charge in [0.25, 0.3) is 5.91 Å². The predicted molar refractivity (Wildman–Crippen MR) is 92.8 cm³/mol. The summed E-state index contributed by atoms with van der Waals surface area (Å²) in [5.41, 5.74) is 2.64. The molecule has 4 rings (SSSR count). The Morgan fingerprint density at radius 2 is 2.24 bits per heavy atom. The van der Waals surface area contributed by atoms with Crippen LogP contribution in [0.3, 0.4) is 0 Å². The number of rotatable bonds is 4. The highest BCUT2D eigenvalue weighted by Gasteiger charge is 2.17. The number of carbonyl (C=O) groups excluding carboxylic acids is 1. The second kappa shape index (κ2) is 6.64. The molecule has 25 heavy (non-hydrogen) atoms. The molecular formula is C19H18FN3O2. The van der Waals surface area contributed by atoms with Crippen molar-refractivity contribution >= 4 is 16.8 Å². The standard InChI is InChI=1S/C19H18FN3O2/c20-14-4-1-3-12(9-14)18-16-10-13(6-7-17(16)22-23-18)19(24)21-11-15-5-2-8-25-15/h1,3-4,6-7,9-10,15H,2,5,8,11H2,(H,21,24)(H,22,23). The number of hydrogen-bond acceptors (Lipinski definition) is 3. The van der Waals surface area contributed by atoms with Crippen molar-refractivity contribution < 1.29 is 13.9 Å². The molecule has 1 atom stereocenters. The van der Waals surface area contributed by atoms with Crippen LogP contribution in [-0.4, -0.2) is 35.4 Å². The minimum absolute atomic E-state index is 0.101. The fourth-order valence-electron chi connectivity index (χ4n) is 3.13. The van der Waals surface area contributed by atoms with E-state index in [4.69, 9.17) is 4.74 Å². The number of fused-ring (bicyclic) bond motifs is 1. The summed E-state index contributed by atoms with van der Waals surface area (Å²) < 4.78 is 19.0. The normalized spacial score (nSPS) is 17.1. The van der Waals surface area contributed by atoms with E-state index in [1.54, 1.807) is 24.3 Å². The highest BCUT2D eigenvalue weighted by Crippen LogP contribution is 2.27. The van der Waals surface area contributed by atoms with Crippen molar-refractivity contribution in [3.8, 4) is 11.3 Å². The third kappa shape index (κ3) is 3.25. The second-order valence-corrected chi connectivity index (χ2v) is 6.19. The Labute approximate surface area is 144 Å².